The minimum atomic E-state index is -0.236. The van der Waals surface area contributed by atoms with Gasteiger partial charge < -0.3 is 20.3 Å². The molecule has 1 atom stereocenters. The molecule has 6 heteroatoms. The number of urea groups is 1. The fraction of sp³-hybridized carbons (Fsp3) is 0.500. The first-order valence-electron chi connectivity index (χ1n) is 7.49. The number of carbonyl (C=O) groups excluding carboxylic acids is 2. The van der Waals surface area contributed by atoms with Crippen LogP contribution in [0.25, 0.3) is 0 Å². The van der Waals surface area contributed by atoms with Gasteiger partial charge in [0.1, 0.15) is 0 Å². The van der Waals surface area contributed by atoms with Gasteiger partial charge in [-0.3, -0.25) is 4.79 Å². The lowest BCUT2D eigenvalue weighted by molar-refractivity contribution is 0.0734. The molecular weight excluding hydrogens is 282 g/mol. The van der Waals surface area contributed by atoms with Gasteiger partial charge in [0, 0.05) is 38.9 Å². The fourth-order valence-electron chi connectivity index (χ4n) is 2.60. The minimum Gasteiger partial charge on any atom is -0.383 e. The normalized spacial score (nSPS) is 17.6. The molecule has 1 aliphatic heterocycles. The first-order valence-corrected chi connectivity index (χ1v) is 7.49. The van der Waals surface area contributed by atoms with Crippen molar-refractivity contribution in [3.8, 4) is 0 Å². The molecule has 6 nitrogen and oxygen atoms in total. The van der Waals surface area contributed by atoms with Crippen LogP contribution in [0, 0.1) is 0 Å². The Hall–Kier alpha value is -2.08. The van der Waals surface area contributed by atoms with Gasteiger partial charge in [-0.15, -0.1) is 0 Å². The summed E-state index contributed by atoms with van der Waals surface area (Å²) in [7, 11) is 3.38. The Labute approximate surface area is 130 Å². The average Bonchev–Trinajstić information content (AvgIpc) is 2.65. The highest BCUT2D eigenvalue weighted by atomic mass is 16.5. The molecule has 0 saturated heterocycles. The summed E-state index contributed by atoms with van der Waals surface area (Å²) < 4.78 is 4.87. The number of ether oxygens (including phenoxy) is 1. The number of benzene rings is 1. The number of carbonyl (C=O) groups is 2. The molecule has 1 unspecified atom stereocenters. The van der Waals surface area contributed by atoms with Crippen molar-refractivity contribution in [1.82, 2.24) is 15.5 Å². The maximum Gasteiger partial charge on any atom is 0.314 e. The molecule has 0 bridgehead atoms. The quantitative estimate of drug-likeness (QED) is 0.798. The number of nitrogens with zero attached hydrogens (tertiary/aromatic N) is 1. The Morgan fingerprint density at radius 3 is 2.91 bits per heavy atom. The van der Waals surface area contributed by atoms with Gasteiger partial charge in [-0.25, -0.2) is 4.79 Å². The van der Waals surface area contributed by atoms with E-state index in [4.69, 9.17) is 4.74 Å². The van der Waals surface area contributed by atoms with E-state index in [1.165, 1.54) is 0 Å². The smallest absolute Gasteiger partial charge is 0.314 e. The average molecular weight is 305 g/mol. The maximum absolute atomic E-state index is 12.5. The zero-order valence-electron chi connectivity index (χ0n) is 13.1. The van der Waals surface area contributed by atoms with Crippen molar-refractivity contribution in [2.24, 2.45) is 0 Å². The fourth-order valence-corrected chi connectivity index (χ4v) is 2.60. The summed E-state index contributed by atoms with van der Waals surface area (Å²) in [5.41, 5.74) is 1.84. The van der Waals surface area contributed by atoms with Crippen molar-refractivity contribution in [2.45, 2.75) is 18.9 Å². The number of rotatable bonds is 5. The standard InChI is InChI=1S/C16H23N3O3/c1-19-13(11-18-16(21)17-9-10-22-2)8-7-12-5-3-4-6-14(12)15(19)20/h3-6,13H,7-11H2,1-2H3,(H2,17,18,21). The molecule has 1 aromatic carbocycles. The van der Waals surface area contributed by atoms with Crippen molar-refractivity contribution < 1.29 is 14.3 Å². The van der Waals surface area contributed by atoms with Crippen LogP contribution in [0.2, 0.25) is 0 Å². The molecule has 0 aromatic heterocycles. The molecular formula is C16H23N3O3. The van der Waals surface area contributed by atoms with E-state index >= 15 is 0 Å². The molecule has 0 saturated carbocycles. The molecule has 0 radical (unpaired) electrons. The van der Waals surface area contributed by atoms with Crippen LogP contribution in [-0.2, 0) is 11.2 Å². The van der Waals surface area contributed by atoms with Crippen LogP contribution in [-0.4, -0.2) is 56.7 Å². The summed E-state index contributed by atoms with van der Waals surface area (Å²) >= 11 is 0. The van der Waals surface area contributed by atoms with Gasteiger partial charge in [-0.1, -0.05) is 18.2 Å². The largest absolute Gasteiger partial charge is 0.383 e. The summed E-state index contributed by atoms with van der Waals surface area (Å²) in [6, 6.07) is 7.45. The van der Waals surface area contributed by atoms with E-state index in [1.807, 2.05) is 24.3 Å². The highest BCUT2D eigenvalue weighted by molar-refractivity contribution is 5.96. The second-order valence-corrected chi connectivity index (χ2v) is 5.40. The van der Waals surface area contributed by atoms with Crippen LogP contribution in [0.4, 0.5) is 4.79 Å². The molecule has 3 amide bonds. The number of fused-ring (bicyclic) bond motifs is 1. The lowest BCUT2D eigenvalue weighted by Crippen LogP contribution is -2.47. The zero-order chi connectivity index (χ0) is 15.9. The second kappa shape index (κ2) is 7.79. The van der Waals surface area contributed by atoms with Crippen LogP contribution >= 0.6 is 0 Å². The summed E-state index contributed by atoms with van der Waals surface area (Å²) in [6.07, 6.45) is 1.67. The molecule has 1 aliphatic rings. The Morgan fingerprint density at radius 2 is 2.14 bits per heavy atom. The number of aryl methyl sites for hydroxylation is 1. The predicted octanol–water partition coefficient (Wildman–Crippen LogP) is 1.02. The van der Waals surface area contributed by atoms with Crippen LogP contribution in [0.1, 0.15) is 22.3 Å². The van der Waals surface area contributed by atoms with E-state index < -0.39 is 0 Å². The lowest BCUT2D eigenvalue weighted by atomic mass is 10.0. The Morgan fingerprint density at radius 1 is 1.36 bits per heavy atom. The van der Waals surface area contributed by atoms with Crippen molar-refractivity contribution in [3.63, 3.8) is 0 Å². The number of hydrogen-bond acceptors (Lipinski definition) is 3. The van der Waals surface area contributed by atoms with Gasteiger partial charge in [-0.05, 0) is 24.5 Å². The van der Waals surface area contributed by atoms with Crippen LogP contribution in [0.5, 0.6) is 0 Å². The third-order valence-electron chi connectivity index (χ3n) is 3.95. The number of hydrogen-bond donors (Lipinski definition) is 2. The molecule has 120 valence electrons. The van der Waals surface area contributed by atoms with Crippen molar-refractivity contribution in [2.75, 3.05) is 33.9 Å². The highest BCUT2D eigenvalue weighted by Gasteiger charge is 2.26. The van der Waals surface area contributed by atoms with E-state index in [1.54, 1.807) is 19.1 Å². The molecule has 0 spiro atoms. The molecule has 1 aromatic rings. The molecule has 0 aliphatic carbocycles. The summed E-state index contributed by atoms with van der Waals surface area (Å²) in [6.45, 7) is 1.38. The highest BCUT2D eigenvalue weighted by Crippen LogP contribution is 2.21. The molecule has 2 rings (SSSR count). The molecule has 22 heavy (non-hydrogen) atoms. The topological polar surface area (TPSA) is 70.7 Å². The Bertz CT molecular complexity index is 533. The van der Waals surface area contributed by atoms with E-state index in [0.717, 1.165) is 24.0 Å². The van der Waals surface area contributed by atoms with Gasteiger partial charge in [0.2, 0.25) is 0 Å². The van der Waals surface area contributed by atoms with Crippen molar-refractivity contribution >= 4 is 11.9 Å². The van der Waals surface area contributed by atoms with Crippen LogP contribution < -0.4 is 10.6 Å². The third-order valence-corrected chi connectivity index (χ3v) is 3.95. The van der Waals surface area contributed by atoms with Crippen molar-refractivity contribution in [1.29, 1.82) is 0 Å². The summed E-state index contributed by atoms with van der Waals surface area (Å²) in [4.78, 5) is 25.9. The first kappa shape index (κ1) is 16.3. The molecule has 0 fully saturated rings. The second-order valence-electron chi connectivity index (χ2n) is 5.40. The van der Waals surface area contributed by atoms with Gasteiger partial charge >= 0.3 is 6.03 Å². The first-order chi connectivity index (χ1) is 10.6. The van der Waals surface area contributed by atoms with Crippen LogP contribution in [0.3, 0.4) is 0 Å². The minimum absolute atomic E-state index is 0.00641. The van der Waals surface area contributed by atoms with Gasteiger partial charge in [0.25, 0.3) is 5.91 Å². The lowest BCUT2D eigenvalue weighted by Gasteiger charge is -2.26. The monoisotopic (exact) mass is 305 g/mol. The number of nitrogens with one attached hydrogen (secondary N) is 2. The summed E-state index contributed by atoms with van der Waals surface area (Å²) in [5, 5.41) is 5.52. The Balaban J connectivity index is 1.91. The molecule has 2 N–H and O–H groups in total. The van der Waals surface area contributed by atoms with Gasteiger partial charge in [0.15, 0.2) is 0 Å². The zero-order valence-corrected chi connectivity index (χ0v) is 13.1. The maximum atomic E-state index is 12.5. The number of methoxy groups -OCH3 is 1. The van der Waals surface area contributed by atoms with E-state index in [0.29, 0.717) is 19.7 Å². The van der Waals surface area contributed by atoms with E-state index in [9.17, 15) is 9.59 Å². The van der Waals surface area contributed by atoms with Crippen molar-refractivity contribution in [3.05, 3.63) is 35.4 Å². The van der Waals surface area contributed by atoms with Gasteiger partial charge in [-0.2, -0.15) is 0 Å². The number of likely N-dealkylation sites (N-methyl/N-ethyl adjacent to an activating group) is 1. The predicted molar refractivity (Wildman–Crippen MR) is 83.9 cm³/mol. The van der Waals surface area contributed by atoms with E-state index in [-0.39, 0.29) is 18.0 Å². The third kappa shape index (κ3) is 3.98. The van der Waals surface area contributed by atoms with Gasteiger partial charge in [0.05, 0.1) is 6.61 Å². The number of amides is 3. The van der Waals surface area contributed by atoms with Crippen LogP contribution in [0.15, 0.2) is 24.3 Å². The Kier molecular flexibility index (Phi) is 5.77. The SMILES string of the molecule is COCCNC(=O)NCC1CCc2ccccc2C(=O)N1C. The van der Waals surface area contributed by atoms with E-state index in [2.05, 4.69) is 10.6 Å². The summed E-state index contributed by atoms with van der Waals surface area (Å²) in [5.74, 6) is 0.0136. The molecule has 1 heterocycles.